The van der Waals surface area contributed by atoms with Crippen LogP contribution in [0.3, 0.4) is 0 Å². The van der Waals surface area contributed by atoms with Gasteiger partial charge >= 0.3 is 0 Å². The Bertz CT molecular complexity index is 659. The predicted molar refractivity (Wildman–Crippen MR) is 116 cm³/mol. The Morgan fingerprint density at radius 1 is 0.875 bits per heavy atom. The largest absolute Gasteiger partial charge is 0.103 e. The minimum Gasteiger partial charge on any atom is -0.103 e. The van der Waals surface area contributed by atoms with Crippen LogP contribution in [0.4, 0.5) is 0 Å². The van der Waals surface area contributed by atoms with Crippen molar-refractivity contribution in [2.45, 2.75) is 23.8 Å². The third-order valence-corrected chi connectivity index (χ3v) is 12.0. The van der Waals surface area contributed by atoms with E-state index in [0.29, 0.717) is 0 Å². The average molecular weight is 349 g/mol. The lowest BCUT2D eigenvalue weighted by Gasteiger charge is -2.10. The van der Waals surface area contributed by atoms with Crippen molar-refractivity contribution in [3.63, 3.8) is 0 Å². The number of rotatable bonds is 10. The van der Waals surface area contributed by atoms with E-state index in [9.17, 15) is 0 Å². The normalized spacial score (nSPS) is 12.7. The standard InChI is InChI=1S/C22H28Si2/c1-3-16-23-19-24(17-4-2)18-10-14-21-13-8-9-15-22(21)20-11-6-5-7-12-20/h3-15,24H,1-2,16-19,23H2. The Hall–Kier alpha value is -1.91. The Morgan fingerprint density at radius 2 is 1.62 bits per heavy atom. The summed E-state index contributed by atoms with van der Waals surface area (Å²) in [6.07, 6.45) is 8.95. The minimum atomic E-state index is -0.687. The zero-order valence-corrected chi connectivity index (χ0v) is 17.1. The summed E-state index contributed by atoms with van der Waals surface area (Å²) in [7, 11) is -0.622. The highest BCUT2D eigenvalue weighted by molar-refractivity contribution is 6.70. The van der Waals surface area contributed by atoms with Crippen LogP contribution in [0.25, 0.3) is 17.2 Å². The van der Waals surface area contributed by atoms with Gasteiger partial charge in [0.2, 0.25) is 0 Å². The minimum absolute atomic E-state index is 0.0652. The van der Waals surface area contributed by atoms with E-state index in [-0.39, 0.29) is 9.52 Å². The molecule has 24 heavy (non-hydrogen) atoms. The molecule has 1 unspecified atom stereocenters. The van der Waals surface area contributed by atoms with Gasteiger partial charge in [-0.3, -0.25) is 0 Å². The van der Waals surface area contributed by atoms with E-state index in [0.717, 1.165) is 0 Å². The molecule has 2 heteroatoms. The molecule has 0 N–H and O–H groups in total. The lowest BCUT2D eigenvalue weighted by atomic mass is 9.99. The summed E-state index contributed by atoms with van der Waals surface area (Å²) in [6, 6.07) is 23.1. The summed E-state index contributed by atoms with van der Waals surface area (Å²) in [6.45, 7) is 7.81. The molecule has 2 aromatic carbocycles. The molecule has 2 aromatic rings. The molecular weight excluding hydrogens is 320 g/mol. The predicted octanol–water partition coefficient (Wildman–Crippen LogP) is 5.51. The highest BCUT2D eigenvalue weighted by Gasteiger charge is 2.07. The van der Waals surface area contributed by atoms with Crippen molar-refractivity contribution in [3.05, 3.63) is 91.5 Å². The zero-order chi connectivity index (χ0) is 17.0. The molecule has 0 aliphatic rings. The maximum absolute atomic E-state index is 3.95. The Kier molecular flexibility index (Phi) is 8.29. The molecule has 0 spiro atoms. The van der Waals surface area contributed by atoms with Crippen molar-refractivity contribution in [2.75, 3.05) is 0 Å². The number of benzene rings is 2. The van der Waals surface area contributed by atoms with Crippen molar-refractivity contribution in [2.24, 2.45) is 0 Å². The average Bonchev–Trinajstić information content (AvgIpc) is 2.63. The Labute approximate surface area is 151 Å². The second-order valence-corrected chi connectivity index (χ2v) is 12.5. The van der Waals surface area contributed by atoms with Crippen LogP contribution in [0.2, 0.25) is 23.8 Å². The van der Waals surface area contributed by atoms with Gasteiger partial charge in [-0.1, -0.05) is 84.6 Å². The van der Waals surface area contributed by atoms with Crippen LogP contribution < -0.4 is 0 Å². The zero-order valence-electron chi connectivity index (χ0n) is 14.5. The van der Waals surface area contributed by atoms with Gasteiger partial charge in [0.1, 0.15) is 0 Å². The van der Waals surface area contributed by atoms with Crippen LogP contribution in [0.1, 0.15) is 5.56 Å². The van der Waals surface area contributed by atoms with E-state index < -0.39 is 8.80 Å². The van der Waals surface area contributed by atoms with Crippen LogP contribution in [0.15, 0.2) is 86.0 Å². The topological polar surface area (TPSA) is 0 Å². The second kappa shape index (κ2) is 10.8. The SMILES string of the molecule is C=CC[SiH2]C[SiH](CC=C)CC=Cc1ccccc1-c1ccccc1. The summed E-state index contributed by atoms with van der Waals surface area (Å²) < 4.78 is 0. The first-order valence-electron chi connectivity index (χ1n) is 8.88. The summed E-state index contributed by atoms with van der Waals surface area (Å²) in [4.78, 5) is 0. The van der Waals surface area contributed by atoms with Gasteiger partial charge in [-0.2, -0.15) is 0 Å². The number of hydrogen-bond acceptors (Lipinski definition) is 0. The molecule has 1 atom stereocenters. The van der Waals surface area contributed by atoms with Crippen LogP contribution >= 0.6 is 0 Å². The molecule has 0 amide bonds. The van der Waals surface area contributed by atoms with Crippen molar-refractivity contribution >= 4 is 24.4 Å². The van der Waals surface area contributed by atoms with Gasteiger partial charge in [-0.05, 0) is 34.8 Å². The van der Waals surface area contributed by atoms with E-state index in [1.165, 1.54) is 40.5 Å². The highest BCUT2D eigenvalue weighted by Crippen LogP contribution is 2.24. The van der Waals surface area contributed by atoms with Crippen LogP contribution in [-0.4, -0.2) is 18.3 Å². The van der Waals surface area contributed by atoms with Crippen molar-refractivity contribution in [3.8, 4) is 11.1 Å². The molecule has 0 saturated carbocycles. The number of hydrogen-bond donors (Lipinski definition) is 0. The smallest absolute Gasteiger partial charge is 0.0412 e. The van der Waals surface area contributed by atoms with E-state index in [1.54, 1.807) is 0 Å². The van der Waals surface area contributed by atoms with Gasteiger partial charge < -0.3 is 0 Å². The maximum Gasteiger partial charge on any atom is 0.0412 e. The molecule has 124 valence electrons. The molecule has 0 fully saturated rings. The van der Waals surface area contributed by atoms with E-state index in [4.69, 9.17) is 0 Å². The summed E-state index contributed by atoms with van der Waals surface area (Å²) in [5.74, 6) is 0. The first-order chi connectivity index (χ1) is 11.8. The molecule has 0 aliphatic carbocycles. The van der Waals surface area contributed by atoms with Crippen LogP contribution in [0.5, 0.6) is 0 Å². The molecule has 0 saturated heterocycles. The fraction of sp³-hybridized carbons (Fsp3) is 0.182. The molecular formula is C22H28Si2. The van der Waals surface area contributed by atoms with Gasteiger partial charge in [-0.15, -0.1) is 13.2 Å². The lowest BCUT2D eigenvalue weighted by Crippen LogP contribution is -2.12. The van der Waals surface area contributed by atoms with E-state index in [2.05, 4.69) is 92.1 Å². The lowest BCUT2D eigenvalue weighted by molar-refractivity contribution is 1.48. The molecule has 0 aliphatic heterocycles. The van der Waals surface area contributed by atoms with Gasteiger partial charge in [0, 0.05) is 18.3 Å². The van der Waals surface area contributed by atoms with Gasteiger partial charge in [0.25, 0.3) is 0 Å². The quantitative estimate of drug-likeness (QED) is 0.302. The van der Waals surface area contributed by atoms with Gasteiger partial charge in [0.05, 0.1) is 0 Å². The maximum atomic E-state index is 3.95. The van der Waals surface area contributed by atoms with Crippen molar-refractivity contribution in [1.29, 1.82) is 0 Å². The first-order valence-corrected chi connectivity index (χ1v) is 13.3. The first kappa shape index (κ1) is 18.4. The molecule has 0 radical (unpaired) electrons. The number of allylic oxidation sites excluding steroid dienone is 3. The van der Waals surface area contributed by atoms with Crippen LogP contribution in [0, 0.1) is 0 Å². The summed E-state index contributed by atoms with van der Waals surface area (Å²) >= 11 is 0. The fourth-order valence-electron chi connectivity index (χ4n) is 3.03. The van der Waals surface area contributed by atoms with Gasteiger partial charge in [-0.25, -0.2) is 0 Å². The van der Waals surface area contributed by atoms with Gasteiger partial charge in [0.15, 0.2) is 0 Å². The fourth-order valence-corrected chi connectivity index (χ4v) is 9.64. The molecule has 0 heterocycles. The third-order valence-electron chi connectivity index (χ3n) is 4.33. The highest BCUT2D eigenvalue weighted by atomic mass is 28.3. The monoisotopic (exact) mass is 348 g/mol. The van der Waals surface area contributed by atoms with E-state index >= 15 is 0 Å². The van der Waals surface area contributed by atoms with E-state index in [1.807, 2.05) is 0 Å². The molecule has 0 aromatic heterocycles. The van der Waals surface area contributed by atoms with Crippen molar-refractivity contribution < 1.29 is 0 Å². The Balaban J connectivity index is 2.05. The summed E-state index contributed by atoms with van der Waals surface area (Å²) in [5, 5.41) is 0. The third kappa shape index (κ3) is 5.95. The molecule has 0 bridgehead atoms. The van der Waals surface area contributed by atoms with Crippen molar-refractivity contribution in [1.82, 2.24) is 0 Å². The summed E-state index contributed by atoms with van der Waals surface area (Å²) in [5.41, 5.74) is 5.44. The van der Waals surface area contributed by atoms with Crippen LogP contribution in [-0.2, 0) is 0 Å². The second-order valence-electron chi connectivity index (χ2n) is 6.20. The molecule has 0 nitrogen and oxygen atoms in total. The Morgan fingerprint density at radius 3 is 2.38 bits per heavy atom. The molecule has 2 rings (SSSR count).